The Morgan fingerprint density at radius 2 is 1.78 bits per heavy atom. The van der Waals surface area contributed by atoms with Crippen LogP contribution in [0.5, 0.6) is 0 Å². The molecule has 1 aliphatic heterocycles. The summed E-state index contributed by atoms with van der Waals surface area (Å²) in [6.07, 6.45) is -6.26. The maximum absolute atomic E-state index is 11.9. The summed E-state index contributed by atoms with van der Waals surface area (Å²) in [6, 6.07) is 0. The zero-order chi connectivity index (χ0) is 14.1. The number of aliphatic hydroxyl groups excluding tert-OH is 4. The van der Waals surface area contributed by atoms with Crippen LogP contribution >= 0.6 is 0 Å². The predicted molar refractivity (Wildman–Crippen MR) is 62.4 cm³/mol. The van der Waals surface area contributed by atoms with Crippen LogP contribution in [-0.4, -0.2) is 71.1 Å². The average molecular weight is 282 g/mol. The molecule has 0 radical (unpaired) electrons. The molecule has 0 spiro atoms. The van der Waals surface area contributed by atoms with E-state index in [0.717, 1.165) is 0 Å². The molecule has 1 rings (SSSR count). The fourth-order valence-electron chi connectivity index (χ4n) is 1.79. The molecular weight excluding hydrogens is 264 g/mol. The third-order valence-electron chi connectivity index (χ3n) is 2.65. The van der Waals surface area contributed by atoms with Gasteiger partial charge < -0.3 is 25.2 Å². The van der Waals surface area contributed by atoms with Crippen molar-refractivity contribution in [3.8, 4) is 0 Å². The quantitative estimate of drug-likeness (QED) is 0.430. The van der Waals surface area contributed by atoms with Crippen molar-refractivity contribution in [1.29, 1.82) is 0 Å². The SMILES string of the molecule is C=C(C)CS(=O)(=O)C1O[C@H](CO)[C@@H](O)[C@H](O)[C@H]1O. The molecule has 1 fully saturated rings. The van der Waals surface area contributed by atoms with Gasteiger partial charge in [0.05, 0.1) is 12.4 Å². The van der Waals surface area contributed by atoms with Crippen LogP contribution in [0.4, 0.5) is 0 Å². The molecule has 0 aromatic heterocycles. The molecule has 0 saturated carbocycles. The van der Waals surface area contributed by atoms with Gasteiger partial charge in [-0.25, -0.2) is 8.42 Å². The van der Waals surface area contributed by atoms with Crippen LogP contribution in [0.1, 0.15) is 6.92 Å². The lowest BCUT2D eigenvalue weighted by atomic mass is 10.0. The largest absolute Gasteiger partial charge is 0.394 e. The predicted octanol–water partition coefficient (Wildman–Crippen LogP) is -2.22. The number of aliphatic hydroxyl groups is 4. The Hall–Kier alpha value is -0.510. The second-order valence-electron chi connectivity index (χ2n) is 4.46. The summed E-state index contributed by atoms with van der Waals surface area (Å²) in [5.74, 6) is -0.407. The number of hydrogen-bond donors (Lipinski definition) is 4. The van der Waals surface area contributed by atoms with Gasteiger partial charge in [0, 0.05) is 0 Å². The minimum atomic E-state index is -3.89. The van der Waals surface area contributed by atoms with Crippen molar-refractivity contribution in [3.63, 3.8) is 0 Å². The Morgan fingerprint density at radius 1 is 1.22 bits per heavy atom. The number of sulfone groups is 1. The topological polar surface area (TPSA) is 124 Å². The fourth-order valence-corrected chi connectivity index (χ4v) is 3.54. The standard InChI is InChI=1S/C10H18O7S/c1-5(2)4-18(15,16)10-9(14)8(13)7(12)6(3-11)17-10/h6-14H,1,3-4H2,2H3/t6-,7-,8+,9-,10?/m1/s1. The van der Waals surface area contributed by atoms with Gasteiger partial charge in [0.15, 0.2) is 15.3 Å². The van der Waals surface area contributed by atoms with Crippen LogP contribution in [0.3, 0.4) is 0 Å². The molecular formula is C10H18O7S. The van der Waals surface area contributed by atoms with Crippen molar-refractivity contribution in [2.45, 2.75) is 36.8 Å². The van der Waals surface area contributed by atoms with E-state index in [1.807, 2.05) is 0 Å². The van der Waals surface area contributed by atoms with Gasteiger partial charge >= 0.3 is 0 Å². The molecule has 1 heterocycles. The second-order valence-corrected chi connectivity index (χ2v) is 6.54. The van der Waals surface area contributed by atoms with Crippen LogP contribution < -0.4 is 0 Å². The van der Waals surface area contributed by atoms with Crippen molar-refractivity contribution in [2.75, 3.05) is 12.4 Å². The first-order chi connectivity index (χ1) is 8.20. The monoisotopic (exact) mass is 282 g/mol. The molecule has 0 aromatic rings. The first-order valence-corrected chi connectivity index (χ1v) is 7.08. The Labute approximate surface area is 105 Å². The van der Waals surface area contributed by atoms with E-state index in [2.05, 4.69) is 6.58 Å². The van der Waals surface area contributed by atoms with Crippen molar-refractivity contribution in [2.24, 2.45) is 0 Å². The number of ether oxygens (including phenoxy) is 1. The van der Waals surface area contributed by atoms with Crippen LogP contribution in [0.25, 0.3) is 0 Å². The molecule has 7 nitrogen and oxygen atoms in total. The molecule has 0 amide bonds. The second kappa shape index (κ2) is 5.64. The Morgan fingerprint density at radius 3 is 2.22 bits per heavy atom. The molecule has 1 aliphatic rings. The highest BCUT2D eigenvalue weighted by Crippen LogP contribution is 2.25. The van der Waals surface area contributed by atoms with Crippen molar-refractivity contribution >= 4 is 9.84 Å². The first-order valence-electron chi connectivity index (χ1n) is 5.37. The fraction of sp³-hybridized carbons (Fsp3) is 0.800. The maximum atomic E-state index is 11.9. The van der Waals surface area contributed by atoms with Gasteiger partial charge in [-0.15, -0.1) is 0 Å². The molecule has 8 heteroatoms. The van der Waals surface area contributed by atoms with Gasteiger partial charge in [-0.2, -0.15) is 0 Å². The van der Waals surface area contributed by atoms with Crippen molar-refractivity contribution in [1.82, 2.24) is 0 Å². The van der Waals surface area contributed by atoms with Gasteiger partial charge in [-0.3, -0.25) is 0 Å². The highest BCUT2D eigenvalue weighted by Gasteiger charge is 2.48. The van der Waals surface area contributed by atoms with E-state index in [4.69, 9.17) is 9.84 Å². The molecule has 18 heavy (non-hydrogen) atoms. The van der Waals surface area contributed by atoms with Gasteiger partial charge in [0.1, 0.15) is 24.4 Å². The molecule has 1 saturated heterocycles. The third-order valence-corrected chi connectivity index (χ3v) is 4.64. The van der Waals surface area contributed by atoms with E-state index in [-0.39, 0.29) is 0 Å². The molecule has 0 aromatic carbocycles. The van der Waals surface area contributed by atoms with Gasteiger partial charge in [-0.05, 0) is 6.92 Å². The molecule has 5 atom stereocenters. The van der Waals surface area contributed by atoms with Gasteiger partial charge in [0.25, 0.3) is 0 Å². The average Bonchev–Trinajstić information content (AvgIpc) is 2.24. The lowest BCUT2D eigenvalue weighted by Crippen LogP contribution is -2.60. The van der Waals surface area contributed by atoms with E-state index in [1.54, 1.807) is 0 Å². The van der Waals surface area contributed by atoms with Crippen LogP contribution in [-0.2, 0) is 14.6 Å². The Balaban J connectivity index is 2.98. The van der Waals surface area contributed by atoms with E-state index in [9.17, 15) is 23.7 Å². The summed E-state index contributed by atoms with van der Waals surface area (Å²) < 4.78 is 28.8. The highest BCUT2D eigenvalue weighted by molar-refractivity contribution is 7.92. The van der Waals surface area contributed by atoms with Crippen LogP contribution in [0.2, 0.25) is 0 Å². The number of rotatable bonds is 4. The molecule has 1 unspecified atom stereocenters. The van der Waals surface area contributed by atoms with Crippen LogP contribution in [0.15, 0.2) is 12.2 Å². The lowest BCUT2D eigenvalue weighted by Gasteiger charge is -2.39. The molecule has 0 aliphatic carbocycles. The maximum Gasteiger partial charge on any atom is 0.187 e. The van der Waals surface area contributed by atoms with E-state index >= 15 is 0 Å². The van der Waals surface area contributed by atoms with Gasteiger partial charge in [0.2, 0.25) is 0 Å². The summed E-state index contributed by atoms with van der Waals surface area (Å²) in [7, 11) is -3.89. The summed E-state index contributed by atoms with van der Waals surface area (Å²) in [4.78, 5) is 0. The first kappa shape index (κ1) is 15.5. The summed E-state index contributed by atoms with van der Waals surface area (Å²) in [5.41, 5.74) is -1.34. The van der Waals surface area contributed by atoms with E-state index < -0.39 is 52.0 Å². The molecule has 106 valence electrons. The van der Waals surface area contributed by atoms with E-state index in [1.165, 1.54) is 6.92 Å². The Bertz CT molecular complexity index is 402. The van der Waals surface area contributed by atoms with Gasteiger partial charge in [-0.1, -0.05) is 12.2 Å². The normalized spacial score (nSPS) is 37.5. The third kappa shape index (κ3) is 3.08. The van der Waals surface area contributed by atoms with Crippen molar-refractivity contribution in [3.05, 3.63) is 12.2 Å². The highest BCUT2D eigenvalue weighted by atomic mass is 32.2. The van der Waals surface area contributed by atoms with Crippen molar-refractivity contribution < 1.29 is 33.6 Å². The van der Waals surface area contributed by atoms with E-state index in [0.29, 0.717) is 5.57 Å². The molecule has 4 N–H and O–H groups in total. The summed E-state index contributed by atoms with van der Waals surface area (Å²) >= 11 is 0. The Kier molecular flexibility index (Phi) is 4.87. The summed E-state index contributed by atoms with van der Waals surface area (Å²) in [6.45, 7) is 4.29. The zero-order valence-electron chi connectivity index (χ0n) is 9.93. The summed E-state index contributed by atoms with van der Waals surface area (Å²) in [5, 5.41) is 37.6. The zero-order valence-corrected chi connectivity index (χ0v) is 10.7. The number of hydrogen-bond acceptors (Lipinski definition) is 7. The minimum absolute atomic E-state index is 0.354. The smallest absolute Gasteiger partial charge is 0.187 e. The van der Waals surface area contributed by atoms with Crippen LogP contribution in [0, 0.1) is 0 Å². The molecule has 0 bridgehead atoms. The minimum Gasteiger partial charge on any atom is -0.394 e. The lowest BCUT2D eigenvalue weighted by molar-refractivity contribution is -0.207.